The molecule has 102 valence electrons. The van der Waals surface area contributed by atoms with Gasteiger partial charge in [0.15, 0.2) is 0 Å². The van der Waals surface area contributed by atoms with Crippen molar-refractivity contribution in [3.05, 3.63) is 48.3 Å². The third-order valence-electron chi connectivity index (χ3n) is 3.16. The van der Waals surface area contributed by atoms with Gasteiger partial charge in [0, 0.05) is 24.4 Å². The monoisotopic (exact) mass is 259 g/mol. The molecule has 1 aromatic carbocycles. The van der Waals surface area contributed by atoms with Crippen molar-refractivity contribution in [3.8, 4) is 5.69 Å². The van der Waals surface area contributed by atoms with Crippen molar-refractivity contribution in [2.45, 2.75) is 25.8 Å². The molecule has 0 amide bonds. The standard InChI is InChI=1S/C15H21N3O/c1-13(16-9-5-6-10-19)14-11-17-18(12-14)15-7-3-2-4-8-15/h2-4,7-8,11-13,16,19H,5-6,9-10H2,1H3. The summed E-state index contributed by atoms with van der Waals surface area (Å²) in [5.74, 6) is 0. The van der Waals surface area contributed by atoms with Crippen LogP contribution in [-0.2, 0) is 0 Å². The Morgan fingerprint density at radius 1 is 1.26 bits per heavy atom. The van der Waals surface area contributed by atoms with Crippen molar-refractivity contribution in [1.82, 2.24) is 15.1 Å². The molecule has 0 spiro atoms. The van der Waals surface area contributed by atoms with Crippen molar-refractivity contribution >= 4 is 0 Å². The van der Waals surface area contributed by atoms with E-state index in [1.54, 1.807) is 0 Å². The minimum absolute atomic E-state index is 0.266. The predicted octanol–water partition coefficient (Wildman–Crippen LogP) is 2.30. The highest BCUT2D eigenvalue weighted by Crippen LogP contribution is 2.14. The Bertz CT molecular complexity index is 481. The lowest BCUT2D eigenvalue weighted by atomic mass is 10.2. The van der Waals surface area contributed by atoms with Crippen LogP contribution >= 0.6 is 0 Å². The van der Waals surface area contributed by atoms with Crippen LogP contribution in [-0.4, -0.2) is 28.0 Å². The van der Waals surface area contributed by atoms with Gasteiger partial charge in [-0.3, -0.25) is 0 Å². The van der Waals surface area contributed by atoms with Crippen LogP contribution < -0.4 is 5.32 Å². The van der Waals surface area contributed by atoms with E-state index in [1.807, 2.05) is 41.2 Å². The predicted molar refractivity (Wildman–Crippen MR) is 76.3 cm³/mol. The van der Waals surface area contributed by atoms with E-state index in [9.17, 15) is 0 Å². The molecule has 0 radical (unpaired) electrons. The van der Waals surface area contributed by atoms with Crippen LogP contribution in [0.4, 0.5) is 0 Å². The van der Waals surface area contributed by atoms with Crippen LogP contribution in [0.25, 0.3) is 5.69 Å². The largest absolute Gasteiger partial charge is 0.396 e. The average Bonchev–Trinajstić information content (AvgIpc) is 2.94. The van der Waals surface area contributed by atoms with Gasteiger partial charge in [-0.05, 0) is 38.4 Å². The maximum Gasteiger partial charge on any atom is 0.0645 e. The molecule has 0 bridgehead atoms. The molecular formula is C15H21N3O. The number of para-hydroxylation sites is 1. The number of nitrogens with one attached hydrogen (secondary N) is 1. The summed E-state index contributed by atoms with van der Waals surface area (Å²) in [4.78, 5) is 0. The molecule has 1 unspecified atom stereocenters. The van der Waals surface area contributed by atoms with Gasteiger partial charge < -0.3 is 10.4 Å². The smallest absolute Gasteiger partial charge is 0.0645 e. The first kappa shape index (κ1) is 13.8. The summed E-state index contributed by atoms with van der Waals surface area (Å²) in [6.45, 7) is 3.31. The van der Waals surface area contributed by atoms with E-state index >= 15 is 0 Å². The maximum absolute atomic E-state index is 8.74. The van der Waals surface area contributed by atoms with Crippen molar-refractivity contribution < 1.29 is 5.11 Å². The Hall–Kier alpha value is -1.65. The van der Waals surface area contributed by atoms with E-state index in [1.165, 1.54) is 5.56 Å². The van der Waals surface area contributed by atoms with Gasteiger partial charge in [0.2, 0.25) is 0 Å². The third kappa shape index (κ3) is 3.91. The highest BCUT2D eigenvalue weighted by Gasteiger charge is 2.07. The van der Waals surface area contributed by atoms with Gasteiger partial charge in [-0.2, -0.15) is 5.10 Å². The maximum atomic E-state index is 8.74. The highest BCUT2D eigenvalue weighted by atomic mass is 16.2. The molecule has 4 nitrogen and oxygen atoms in total. The van der Waals surface area contributed by atoms with Gasteiger partial charge in [-0.1, -0.05) is 18.2 Å². The summed E-state index contributed by atoms with van der Waals surface area (Å²) in [5.41, 5.74) is 2.24. The Kier molecular flexibility index (Phi) is 5.12. The molecule has 19 heavy (non-hydrogen) atoms. The molecule has 0 saturated carbocycles. The fourth-order valence-corrected chi connectivity index (χ4v) is 1.96. The minimum atomic E-state index is 0.266. The lowest BCUT2D eigenvalue weighted by Crippen LogP contribution is -2.19. The van der Waals surface area contributed by atoms with Crippen LogP contribution in [0.3, 0.4) is 0 Å². The van der Waals surface area contributed by atoms with Gasteiger partial charge in [0.25, 0.3) is 0 Å². The third-order valence-corrected chi connectivity index (χ3v) is 3.16. The lowest BCUT2D eigenvalue weighted by molar-refractivity contribution is 0.283. The molecular weight excluding hydrogens is 238 g/mol. The second-order valence-corrected chi connectivity index (χ2v) is 4.66. The molecule has 0 aliphatic heterocycles. The van der Waals surface area contributed by atoms with Crippen molar-refractivity contribution in [1.29, 1.82) is 0 Å². The van der Waals surface area contributed by atoms with E-state index in [0.717, 1.165) is 25.1 Å². The summed E-state index contributed by atoms with van der Waals surface area (Å²) in [6, 6.07) is 10.4. The van der Waals surface area contributed by atoms with Crippen molar-refractivity contribution in [2.24, 2.45) is 0 Å². The van der Waals surface area contributed by atoms with Gasteiger partial charge in [0.1, 0.15) is 0 Å². The van der Waals surface area contributed by atoms with Gasteiger partial charge in [-0.25, -0.2) is 4.68 Å². The van der Waals surface area contributed by atoms with Crippen LogP contribution in [0.1, 0.15) is 31.4 Å². The molecule has 1 atom stereocenters. The number of hydrogen-bond donors (Lipinski definition) is 2. The molecule has 2 rings (SSSR count). The average molecular weight is 259 g/mol. The van der Waals surface area contributed by atoms with E-state index in [-0.39, 0.29) is 12.6 Å². The zero-order valence-electron chi connectivity index (χ0n) is 11.3. The second kappa shape index (κ2) is 7.07. The number of nitrogens with zero attached hydrogens (tertiary/aromatic N) is 2. The number of aliphatic hydroxyl groups is 1. The number of aliphatic hydroxyl groups excluding tert-OH is 1. The number of rotatable bonds is 7. The van der Waals surface area contributed by atoms with E-state index in [2.05, 4.69) is 23.5 Å². The van der Waals surface area contributed by atoms with E-state index in [0.29, 0.717) is 0 Å². The normalized spacial score (nSPS) is 12.5. The summed E-state index contributed by atoms with van der Waals surface area (Å²) in [6.07, 6.45) is 5.80. The lowest BCUT2D eigenvalue weighted by Gasteiger charge is -2.11. The minimum Gasteiger partial charge on any atom is -0.396 e. The van der Waals surface area contributed by atoms with Crippen LogP contribution in [0.5, 0.6) is 0 Å². The fourth-order valence-electron chi connectivity index (χ4n) is 1.96. The first-order valence-electron chi connectivity index (χ1n) is 6.75. The van der Waals surface area contributed by atoms with Crippen molar-refractivity contribution in [3.63, 3.8) is 0 Å². The Balaban J connectivity index is 1.93. The summed E-state index contributed by atoms with van der Waals surface area (Å²) < 4.78 is 1.89. The number of hydrogen-bond acceptors (Lipinski definition) is 3. The van der Waals surface area contributed by atoms with Gasteiger partial charge >= 0.3 is 0 Å². The molecule has 2 aromatic rings. The van der Waals surface area contributed by atoms with Crippen LogP contribution in [0.15, 0.2) is 42.7 Å². The Labute approximate surface area is 114 Å². The topological polar surface area (TPSA) is 50.1 Å². The zero-order chi connectivity index (χ0) is 13.5. The highest BCUT2D eigenvalue weighted by molar-refractivity contribution is 5.31. The SMILES string of the molecule is CC(NCCCCO)c1cnn(-c2ccccc2)c1. The molecule has 1 heterocycles. The quantitative estimate of drug-likeness (QED) is 0.750. The molecule has 2 N–H and O–H groups in total. The summed E-state index contributed by atoms with van der Waals surface area (Å²) in [5, 5.41) is 16.6. The Morgan fingerprint density at radius 2 is 2.05 bits per heavy atom. The second-order valence-electron chi connectivity index (χ2n) is 4.66. The van der Waals surface area contributed by atoms with Gasteiger partial charge in [0.05, 0.1) is 11.9 Å². The van der Waals surface area contributed by atoms with E-state index < -0.39 is 0 Å². The van der Waals surface area contributed by atoms with Crippen LogP contribution in [0.2, 0.25) is 0 Å². The van der Waals surface area contributed by atoms with Crippen LogP contribution in [0, 0.1) is 0 Å². The zero-order valence-corrected chi connectivity index (χ0v) is 11.3. The first-order valence-corrected chi connectivity index (χ1v) is 6.75. The molecule has 1 aromatic heterocycles. The first-order chi connectivity index (χ1) is 9.31. The van der Waals surface area contributed by atoms with E-state index in [4.69, 9.17) is 5.11 Å². The van der Waals surface area contributed by atoms with Gasteiger partial charge in [-0.15, -0.1) is 0 Å². The molecule has 0 fully saturated rings. The molecule has 0 aliphatic carbocycles. The summed E-state index contributed by atoms with van der Waals surface area (Å²) in [7, 11) is 0. The number of unbranched alkanes of at least 4 members (excludes halogenated alkanes) is 1. The summed E-state index contributed by atoms with van der Waals surface area (Å²) >= 11 is 0. The molecule has 4 heteroatoms. The fraction of sp³-hybridized carbons (Fsp3) is 0.400. The Morgan fingerprint density at radius 3 is 2.79 bits per heavy atom. The van der Waals surface area contributed by atoms with Crippen molar-refractivity contribution in [2.75, 3.05) is 13.2 Å². The number of benzene rings is 1. The molecule has 0 saturated heterocycles. The number of aromatic nitrogens is 2. The molecule has 0 aliphatic rings.